The third kappa shape index (κ3) is 3.79. The maximum Gasteiger partial charge on any atom is 0.257 e. The lowest BCUT2D eigenvalue weighted by Gasteiger charge is -2.34. The van der Waals surface area contributed by atoms with E-state index < -0.39 is 17.5 Å². The molecule has 1 aliphatic carbocycles. The van der Waals surface area contributed by atoms with Crippen molar-refractivity contribution in [1.29, 1.82) is 0 Å². The highest BCUT2D eigenvalue weighted by Crippen LogP contribution is 2.25. The number of nitrogens with two attached hydrogens (primary N) is 1. The molecule has 3 nitrogen and oxygen atoms in total. The molecule has 0 heterocycles. The highest BCUT2D eigenvalue weighted by molar-refractivity contribution is 5.94. The number of carbonyl (C=O) groups is 1. The fraction of sp³-hybridized carbons (Fsp3) is 0.562. The van der Waals surface area contributed by atoms with E-state index in [1.807, 2.05) is 0 Å². The summed E-state index contributed by atoms with van der Waals surface area (Å²) in [5.74, 6) is -2.47. The van der Waals surface area contributed by atoms with Gasteiger partial charge in [-0.2, -0.15) is 0 Å². The Morgan fingerprint density at radius 3 is 2.62 bits per heavy atom. The molecule has 116 valence electrons. The molecule has 2 N–H and O–H groups in total. The van der Waals surface area contributed by atoms with Gasteiger partial charge in [-0.15, -0.1) is 0 Å². The SMILES string of the molecule is NCCCN(C(=O)c1cccc(F)c1F)C1CCCCC1. The molecule has 5 heteroatoms. The summed E-state index contributed by atoms with van der Waals surface area (Å²) >= 11 is 0. The van der Waals surface area contributed by atoms with Gasteiger partial charge in [0, 0.05) is 12.6 Å². The molecule has 1 aliphatic rings. The highest BCUT2D eigenvalue weighted by Gasteiger charge is 2.28. The number of rotatable bonds is 5. The number of nitrogens with zero attached hydrogens (tertiary/aromatic N) is 1. The van der Waals surface area contributed by atoms with E-state index in [9.17, 15) is 13.6 Å². The molecule has 1 fully saturated rings. The molecule has 0 atom stereocenters. The smallest absolute Gasteiger partial charge is 0.257 e. The van der Waals surface area contributed by atoms with Gasteiger partial charge in [-0.3, -0.25) is 4.79 Å². The average molecular weight is 296 g/mol. The minimum atomic E-state index is -1.06. The zero-order valence-electron chi connectivity index (χ0n) is 12.2. The van der Waals surface area contributed by atoms with E-state index in [4.69, 9.17) is 5.73 Å². The topological polar surface area (TPSA) is 46.3 Å². The van der Waals surface area contributed by atoms with Crippen LogP contribution >= 0.6 is 0 Å². The van der Waals surface area contributed by atoms with E-state index in [2.05, 4.69) is 0 Å². The summed E-state index contributed by atoms with van der Waals surface area (Å²) in [6.45, 7) is 0.970. The maximum atomic E-state index is 13.9. The number of amides is 1. The van der Waals surface area contributed by atoms with Gasteiger partial charge < -0.3 is 10.6 Å². The summed E-state index contributed by atoms with van der Waals surface area (Å²) < 4.78 is 27.2. The monoisotopic (exact) mass is 296 g/mol. The van der Waals surface area contributed by atoms with Crippen LogP contribution in [0.15, 0.2) is 18.2 Å². The lowest BCUT2D eigenvalue weighted by Crippen LogP contribution is -2.43. The Balaban J connectivity index is 2.22. The molecule has 0 aliphatic heterocycles. The normalized spacial score (nSPS) is 16.0. The second-order valence-electron chi connectivity index (χ2n) is 5.53. The molecule has 1 amide bonds. The first-order valence-corrected chi connectivity index (χ1v) is 7.60. The van der Waals surface area contributed by atoms with E-state index in [-0.39, 0.29) is 11.6 Å². The number of benzene rings is 1. The molecular weight excluding hydrogens is 274 g/mol. The van der Waals surface area contributed by atoms with Gasteiger partial charge in [0.05, 0.1) is 5.56 Å². The Hall–Kier alpha value is -1.49. The number of carbonyl (C=O) groups excluding carboxylic acids is 1. The van der Waals surface area contributed by atoms with Gasteiger partial charge in [-0.05, 0) is 37.9 Å². The first-order valence-electron chi connectivity index (χ1n) is 7.60. The highest BCUT2D eigenvalue weighted by atomic mass is 19.2. The van der Waals surface area contributed by atoms with Gasteiger partial charge in [0.15, 0.2) is 11.6 Å². The van der Waals surface area contributed by atoms with Gasteiger partial charge >= 0.3 is 0 Å². The van der Waals surface area contributed by atoms with Crippen molar-refractivity contribution in [3.63, 3.8) is 0 Å². The van der Waals surface area contributed by atoms with Crippen molar-refractivity contribution in [2.45, 2.75) is 44.6 Å². The number of hydrogen-bond donors (Lipinski definition) is 1. The zero-order valence-corrected chi connectivity index (χ0v) is 12.2. The lowest BCUT2D eigenvalue weighted by molar-refractivity contribution is 0.0627. The Kier molecular flexibility index (Phi) is 5.67. The minimum Gasteiger partial charge on any atom is -0.336 e. The largest absolute Gasteiger partial charge is 0.336 e. The quantitative estimate of drug-likeness (QED) is 0.907. The van der Waals surface area contributed by atoms with Crippen LogP contribution in [0.2, 0.25) is 0 Å². The molecular formula is C16H22F2N2O. The summed E-state index contributed by atoms with van der Waals surface area (Å²) in [7, 11) is 0. The maximum absolute atomic E-state index is 13.9. The molecule has 1 aromatic carbocycles. The minimum absolute atomic E-state index is 0.112. The third-order valence-corrected chi connectivity index (χ3v) is 4.06. The van der Waals surface area contributed by atoms with Gasteiger partial charge in [0.2, 0.25) is 0 Å². The molecule has 0 aromatic heterocycles. The summed E-state index contributed by atoms with van der Waals surface area (Å²) in [5.41, 5.74) is 5.34. The van der Waals surface area contributed by atoms with Crippen LogP contribution in [-0.2, 0) is 0 Å². The van der Waals surface area contributed by atoms with Crippen molar-refractivity contribution in [2.75, 3.05) is 13.1 Å². The Morgan fingerprint density at radius 2 is 1.95 bits per heavy atom. The predicted octanol–water partition coefficient (Wildman–Crippen LogP) is 3.09. The molecule has 0 spiro atoms. The number of halogens is 2. The van der Waals surface area contributed by atoms with Crippen molar-refractivity contribution in [2.24, 2.45) is 5.73 Å². The van der Waals surface area contributed by atoms with Crippen LogP contribution in [0.25, 0.3) is 0 Å². The van der Waals surface area contributed by atoms with Gasteiger partial charge in [-0.25, -0.2) is 8.78 Å². The van der Waals surface area contributed by atoms with Crippen molar-refractivity contribution in [3.05, 3.63) is 35.4 Å². The Bertz CT molecular complexity index is 487. The van der Waals surface area contributed by atoms with Gasteiger partial charge in [0.25, 0.3) is 5.91 Å². The van der Waals surface area contributed by atoms with Gasteiger partial charge in [-0.1, -0.05) is 25.3 Å². The van der Waals surface area contributed by atoms with E-state index in [0.29, 0.717) is 19.5 Å². The molecule has 21 heavy (non-hydrogen) atoms. The molecule has 1 aromatic rings. The summed E-state index contributed by atoms with van der Waals surface area (Å²) in [5, 5.41) is 0. The van der Waals surface area contributed by atoms with E-state index >= 15 is 0 Å². The first kappa shape index (κ1) is 15.9. The van der Waals surface area contributed by atoms with Crippen molar-refractivity contribution in [3.8, 4) is 0 Å². The molecule has 1 saturated carbocycles. The summed E-state index contributed by atoms with van der Waals surface area (Å²) in [4.78, 5) is 14.3. The fourth-order valence-corrected chi connectivity index (χ4v) is 2.93. The fourth-order valence-electron chi connectivity index (χ4n) is 2.93. The second-order valence-corrected chi connectivity index (χ2v) is 5.53. The van der Waals surface area contributed by atoms with Crippen LogP contribution in [-0.4, -0.2) is 29.9 Å². The molecule has 0 unspecified atom stereocenters. The van der Waals surface area contributed by atoms with Crippen molar-refractivity contribution < 1.29 is 13.6 Å². The van der Waals surface area contributed by atoms with Gasteiger partial charge in [0.1, 0.15) is 0 Å². The van der Waals surface area contributed by atoms with Crippen LogP contribution in [0.5, 0.6) is 0 Å². The molecule has 2 rings (SSSR count). The van der Waals surface area contributed by atoms with Crippen LogP contribution in [0, 0.1) is 11.6 Å². The standard InChI is InChI=1S/C16H22F2N2O/c17-14-9-4-8-13(15(14)18)16(21)20(11-5-10-19)12-6-2-1-3-7-12/h4,8-9,12H,1-3,5-7,10-11,19H2. The number of hydrogen-bond acceptors (Lipinski definition) is 2. The first-order chi connectivity index (χ1) is 10.1. The van der Waals surface area contributed by atoms with Crippen LogP contribution < -0.4 is 5.73 Å². The van der Waals surface area contributed by atoms with E-state index in [1.54, 1.807) is 4.90 Å². The van der Waals surface area contributed by atoms with Crippen molar-refractivity contribution in [1.82, 2.24) is 4.90 Å². The Labute approximate surface area is 124 Å². The van der Waals surface area contributed by atoms with E-state index in [1.165, 1.54) is 18.6 Å². The average Bonchev–Trinajstić information content (AvgIpc) is 2.51. The predicted molar refractivity (Wildman–Crippen MR) is 77.9 cm³/mol. The summed E-state index contributed by atoms with van der Waals surface area (Å²) in [6.07, 6.45) is 5.83. The van der Waals surface area contributed by atoms with E-state index in [0.717, 1.165) is 31.7 Å². The molecule has 0 saturated heterocycles. The third-order valence-electron chi connectivity index (χ3n) is 4.06. The van der Waals surface area contributed by atoms with Crippen LogP contribution in [0.4, 0.5) is 8.78 Å². The second kappa shape index (κ2) is 7.50. The van der Waals surface area contributed by atoms with Crippen LogP contribution in [0.3, 0.4) is 0 Å². The summed E-state index contributed by atoms with van der Waals surface area (Å²) in [6, 6.07) is 3.85. The van der Waals surface area contributed by atoms with Crippen LogP contribution in [0.1, 0.15) is 48.9 Å². The Morgan fingerprint density at radius 1 is 1.24 bits per heavy atom. The molecule has 0 bridgehead atoms. The molecule has 0 radical (unpaired) electrons. The lowest BCUT2D eigenvalue weighted by atomic mass is 9.93. The van der Waals surface area contributed by atoms with Crippen molar-refractivity contribution >= 4 is 5.91 Å². The zero-order chi connectivity index (χ0) is 15.2.